The minimum atomic E-state index is -3.22. The van der Waals surface area contributed by atoms with Crippen molar-refractivity contribution in [3.8, 4) is 0 Å². The number of allylic oxidation sites excluding steroid dienone is 4. The summed E-state index contributed by atoms with van der Waals surface area (Å²) in [5.41, 5.74) is 7.14. The van der Waals surface area contributed by atoms with E-state index in [9.17, 15) is 4.57 Å². The Balaban J connectivity index is 3.91. The maximum atomic E-state index is 13.5. The molecule has 0 aliphatic carbocycles. The Hall–Kier alpha value is 0.148. The predicted molar refractivity (Wildman–Crippen MR) is 215 cm³/mol. The van der Waals surface area contributed by atoms with Gasteiger partial charge in [0.25, 0.3) is 0 Å². The number of hydrogen-bond donors (Lipinski definition) is 1. The van der Waals surface area contributed by atoms with Gasteiger partial charge in [0, 0.05) is 0 Å². The first-order chi connectivity index (χ1) is 22.8. The van der Waals surface area contributed by atoms with E-state index in [4.69, 9.17) is 9.05 Å². The quantitative estimate of drug-likeness (QED) is 0.0296. The van der Waals surface area contributed by atoms with Crippen LogP contribution in [0, 0.1) is 0 Å². The Bertz CT molecular complexity index is 689. The molecule has 1 N–H and O–H groups in total. The second-order valence-corrected chi connectivity index (χ2v) is 27.3. The van der Waals surface area contributed by atoms with Crippen LogP contribution in [0.4, 0.5) is 0 Å². The van der Waals surface area contributed by atoms with Crippen molar-refractivity contribution in [1.82, 2.24) is 5.09 Å². The molecule has 0 rings (SSSR count). The van der Waals surface area contributed by atoms with Crippen molar-refractivity contribution in [2.45, 2.75) is 216 Å². The van der Waals surface area contributed by atoms with Gasteiger partial charge in [-0.2, -0.15) is 0 Å². The summed E-state index contributed by atoms with van der Waals surface area (Å²) in [5, 5.41) is 4.31. The Morgan fingerprint density at radius 3 is 1.09 bits per heavy atom. The molecule has 0 aromatic heterocycles. The molecule has 0 aromatic carbocycles. The molecule has 0 aromatic rings. The van der Waals surface area contributed by atoms with Crippen LogP contribution in [0.1, 0.15) is 194 Å². The van der Waals surface area contributed by atoms with Crippen LogP contribution in [0.25, 0.3) is 0 Å². The van der Waals surface area contributed by atoms with Crippen LogP contribution in [0.2, 0.25) is 22.3 Å². The molecule has 0 aliphatic rings. The molecule has 0 radical (unpaired) electrons. The summed E-state index contributed by atoms with van der Waals surface area (Å²) in [6.07, 6.45) is 45.5. The third-order valence-electron chi connectivity index (χ3n) is 8.92. The number of nitrogens with one attached hydrogen (secondary N) is 1. The summed E-state index contributed by atoms with van der Waals surface area (Å²) in [5.74, 6) is 0. The van der Waals surface area contributed by atoms with Gasteiger partial charge >= 0.3 is 159 Å². The van der Waals surface area contributed by atoms with Gasteiger partial charge in [0.2, 0.25) is 0 Å². The summed E-state index contributed by atoms with van der Waals surface area (Å²) in [6, 6.07) is 0. The van der Waals surface area contributed by atoms with Crippen LogP contribution in [0.5, 0.6) is 0 Å². The van der Waals surface area contributed by atoms with Crippen LogP contribution in [-0.4, -0.2) is 33.3 Å². The topological polar surface area (TPSA) is 47.6 Å². The molecular weight excluding hydrogens is 660 g/mol. The molecule has 6 heteroatoms. The van der Waals surface area contributed by atoms with E-state index in [1.165, 1.54) is 154 Å². The summed E-state index contributed by atoms with van der Waals surface area (Å²) in [6.45, 7) is 6.34. The number of rotatable bonds is 38. The van der Waals surface area contributed by atoms with Gasteiger partial charge in [-0.05, 0) is 38.5 Å². The third kappa shape index (κ3) is 38.8. The van der Waals surface area contributed by atoms with Crippen molar-refractivity contribution in [3.05, 3.63) is 24.3 Å². The van der Waals surface area contributed by atoms with Gasteiger partial charge in [-0.1, -0.05) is 102 Å². The fraction of sp³-hybridized carbons (Fsp3) is 0.902. The molecule has 0 aliphatic heterocycles. The standard InChI is InChI=1S/C41H84AsNO3P/c1-6-8-10-12-14-16-18-20-22-24-26-28-30-32-34-36-40-45-47(44,43-39-38-42(3,4)5)46-41-37-35-33-31-29-27-25-23-21-19-17-15-13-11-9-7-2/h20-23H,6-19,24-41H2,1-5H3,(H,43,44)/q+1/b22-20-,23-21-. The van der Waals surface area contributed by atoms with Gasteiger partial charge in [-0.15, -0.1) is 0 Å². The molecule has 0 unspecified atom stereocenters. The molecule has 0 atom stereocenters. The molecule has 0 amide bonds. The zero-order chi connectivity index (χ0) is 34.6. The molecule has 0 fully saturated rings. The van der Waals surface area contributed by atoms with Crippen molar-refractivity contribution in [1.29, 1.82) is 0 Å². The normalized spacial score (nSPS) is 12.7. The maximum absolute atomic E-state index is 13.5. The second-order valence-electron chi connectivity index (χ2n) is 15.0. The zero-order valence-corrected chi connectivity index (χ0v) is 35.3. The van der Waals surface area contributed by atoms with Gasteiger partial charge in [-0.25, -0.2) is 0 Å². The van der Waals surface area contributed by atoms with E-state index < -0.39 is 21.3 Å². The van der Waals surface area contributed by atoms with Crippen molar-refractivity contribution in [2.75, 3.05) is 19.8 Å². The molecule has 47 heavy (non-hydrogen) atoms. The van der Waals surface area contributed by atoms with E-state index in [0.717, 1.165) is 37.4 Å². The fourth-order valence-electron chi connectivity index (χ4n) is 5.72. The zero-order valence-electron chi connectivity index (χ0n) is 32.6. The summed E-state index contributed by atoms with van der Waals surface area (Å²) in [4.78, 5) is 0. The van der Waals surface area contributed by atoms with Gasteiger partial charge < -0.3 is 0 Å². The molecule has 0 saturated carbocycles. The summed E-state index contributed by atoms with van der Waals surface area (Å²) in [7, 11) is -3.22. The van der Waals surface area contributed by atoms with E-state index in [-0.39, 0.29) is 0 Å². The Labute approximate surface area is 298 Å². The van der Waals surface area contributed by atoms with E-state index in [1.54, 1.807) is 0 Å². The summed E-state index contributed by atoms with van der Waals surface area (Å²) >= 11 is -1.55. The minimum absolute atomic E-state index is 0.522. The van der Waals surface area contributed by atoms with Crippen LogP contribution in [-0.2, 0) is 13.6 Å². The van der Waals surface area contributed by atoms with E-state index in [1.807, 2.05) is 0 Å². The number of hydrogen-bond acceptors (Lipinski definition) is 3. The fourth-order valence-corrected chi connectivity index (χ4v) is 9.13. The molecule has 0 bridgehead atoms. The first-order valence-electron chi connectivity index (χ1n) is 20.6. The van der Waals surface area contributed by atoms with Gasteiger partial charge in [-0.3, -0.25) is 0 Å². The van der Waals surface area contributed by atoms with E-state index in [2.05, 4.69) is 60.4 Å². The third-order valence-corrected chi connectivity index (χ3v) is 13.9. The molecule has 0 heterocycles. The molecular formula is C41H84AsNO3P+. The van der Waals surface area contributed by atoms with Crippen LogP contribution in [0.15, 0.2) is 24.3 Å². The summed E-state index contributed by atoms with van der Waals surface area (Å²) < 4.78 is 25.3. The Kier molecular flexibility index (Phi) is 36.1. The van der Waals surface area contributed by atoms with Gasteiger partial charge in [0.1, 0.15) is 0 Å². The SMILES string of the molecule is CCCCCCCC/C=C\CCCCCCCCOP(=O)(NCC[As+](C)(C)C)OCCCCCCCC/C=C\CCCCCCCC. The van der Waals surface area contributed by atoms with Crippen LogP contribution >= 0.6 is 7.75 Å². The minimum Gasteiger partial charge on any atom is -0.0885 e. The van der Waals surface area contributed by atoms with Crippen LogP contribution < -0.4 is 5.09 Å². The Morgan fingerprint density at radius 2 is 0.766 bits per heavy atom. The van der Waals surface area contributed by atoms with Gasteiger partial charge in [0.15, 0.2) is 0 Å². The first-order valence-corrected chi connectivity index (χ1v) is 29.1. The van der Waals surface area contributed by atoms with Crippen LogP contribution in [0.3, 0.4) is 0 Å². The monoisotopic (exact) mass is 745 g/mol. The Morgan fingerprint density at radius 1 is 0.468 bits per heavy atom. The average Bonchev–Trinajstić information content (AvgIpc) is 3.03. The molecule has 0 saturated heterocycles. The van der Waals surface area contributed by atoms with E-state index in [0.29, 0.717) is 13.2 Å². The number of unbranched alkanes of at least 4 members (excludes halogenated alkanes) is 24. The smallest absolute Gasteiger partial charge is 0.0885 e. The average molecular weight is 745 g/mol. The van der Waals surface area contributed by atoms with Crippen molar-refractivity contribution in [2.24, 2.45) is 0 Å². The first kappa shape index (κ1) is 47.1. The van der Waals surface area contributed by atoms with Crippen molar-refractivity contribution in [3.63, 3.8) is 0 Å². The van der Waals surface area contributed by atoms with Gasteiger partial charge in [0.05, 0.1) is 0 Å². The predicted octanol–water partition coefficient (Wildman–Crippen LogP) is 15.1. The molecule has 280 valence electrons. The molecule has 0 spiro atoms. The van der Waals surface area contributed by atoms with Crippen molar-refractivity contribution < 1.29 is 13.6 Å². The second kappa shape index (κ2) is 36.0. The molecule has 4 nitrogen and oxygen atoms in total. The van der Waals surface area contributed by atoms with Crippen molar-refractivity contribution >= 4 is 21.3 Å². The van der Waals surface area contributed by atoms with E-state index >= 15 is 0 Å².